The average Bonchev–Trinajstić information content (AvgIpc) is 2.38. The Kier molecular flexibility index (Phi) is 4.74. The zero-order chi connectivity index (χ0) is 14.6. The highest BCUT2D eigenvalue weighted by Crippen LogP contribution is 2.20. The second-order valence-corrected chi connectivity index (χ2v) is 5.11. The summed E-state index contributed by atoms with van der Waals surface area (Å²) >= 11 is 0. The summed E-state index contributed by atoms with van der Waals surface area (Å²) in [4.78, 5) is 37.5. The minimum Gasteiger partial charge on any atom is -0.481 e. The van der Waals surface area contributed by atoms with Crippen LogP contribution >= 0.6 is 0 Å². The summed E-state index contributed by atoms with van der Waals surface area (Å²) in [7, 11) is 1.69. The lowest BCUT2D eigenvalue weighted by molar-refractivity contribution is -0.147. The van der Waals surface area contributed by atoms with Crippen molar-refractivity contribution in [3.63, 3.8) is 0 Å². The maximum atomic E-state index is 11.9. The normalized spacial score (nSPS) is 19.0. The van der Waals surface area contributed by atoms with Crippen LogP contribution in [0.3, 0.4) is 0 Å². The summed E-state index contributed by atoms with van der Waals surface area (Å²) in [6, 6.07) is -0.387. The molecule has 0 aliphatic carbocycles. The number of piperazine rings is 1. The molecule has 108 valence electrons. The zero-order valence-electron chi connectivity index (χ0n) is 11.6. The van der Waals surface area contributed by atoms with Crippen molar-refractivity contribution >= 4 is 17.9 Å². The smallest absolute Gasteiger partial charge is 0.317 e. The number of carboxylic acid groups (broad SMARTS) is 1. The van der Waals surface area contributed by atoms with Gasteiger partial charge in [-0.25, -0.2) is 4.79 Å². The number of nitrogens with zero attached hydrogens (tertiary/aromatic N) is 2. The molecule has 1 fully saturated rings. The number of hydrogen-bond acceptors (Lipinski definition) is 3. The molecule has 0 bridgehead atoms. The van der Waals surface area contributed by atoms with E-state index in [1.54, 1.807) is 25.8 Å². The number of hydrogen-bond donors (Lipinski definition) is 2. The van der Waals surface area contributed by atoms with E-state index in [2.05, 4.69) is 5.32 Å². The third-order valence-corrected chi connectivity index (χ3v) is 3.67. The number of rotatable bonds is 4. The van der Waals surface area contributed by atoms with Crippen LogP contribution in [0.1, 0.15) is 20.3 Å². The van der Waals surface area contributed by atoms with E-state index in [9.17, 15) is 14.4 Å². The van der Waals surface area contributed by atoms with Crippen molar-refractivity contribution in [2.24, 2.45) is 5.41 Å². The van der Waals surface area contributed by atoms with Gasteiger partial charge in [0.25, 0.3) is 0 Å². The lowest BCUT2D eigenvalue weighted by Crippen LogP contribution is -2.54. The second kappa shape index (κ2) is 5.90. The Morgan fingerprint density at radius 1 is 1.42 bits per heavy atom. The first-order valence-electron chi connectivity index (χ1n) is 6.30. The van der Waals surface area contributed by atoms with E-state index in [0.717, 1.165) is 0 Å². The monoisotopic (exact) mass is 271 g/mol. The van der Waals surface area contributed by atoms with E-state index in [1.165, 1.54) is 4.90 Å². The Bertz CT molecular complexity index is 385. The summed E-state index contributed by atoms with van der Waals surface area (Å²) in [6.45, 7) is 4.40. The van der Waals surface area contributed by atoms with Crippen molar-refractivity contribution in [2.45, 2.75) is 20.3 Å². The highest BCUT2D eigenvalue weighted by atomic mass is 16.4. The van der Waals surface area contributed by atoms with Crippen LogP contribution in [-0.2, 0) is 9.59 Å². The molecule has 1 atom stereocenters. The first kappa shape index (κ1) is 15.3. The number of carbonyl (C=O) groups excluding carboxylic acids is 2. The number of carboxylic acids is 1. The van der Waals surface area contributed by atoms with Gasteiger partial charge < -0.3 is 20.2 Å². The van der Waals surface area contributed by atoms with Gasteiger partial charge in [-0.1, -0.05) is 6.92 Å². The molecular formula is C12H21N3O4. The third kappa shape index (κ3) is 3.59. The van der Waals surface area contributed by atoms with Crippen LogP contribution in [0, 0.1) is 5.41 Å². The topological polar surface area (TPSA) is 90.0 Å². The van der Waals surface area contributed by atoms with Gasteiger partial charge in [0.15, 0.2) is 0 Å². The van der Waals surface area contributed by atoms with Crippen molar-refractivity contribution in [3.8, 4) is 0 Å². The molecule has 1 unspecified atom stereocenters. The lowest BCUT2D eigenvalue weighted by Gasteiger charge is -2.33. The molecule has 7 heteroatoms. The van der Waals surface area contributed by atoms with Crippen LogP contribution in [0.5, 0.6) is 0 Å². The van der Waals surface area contributed by atoms with Gasteiger partial charge >= 0.3 is 12.0 Å². The minimum atomic E-state index is -0.980. The van der Waals surface area contributed by atoms with Crippen LogP contribution in [0.15, 0.2) is 0 Å². The van der Waals surface area contributed by atoms with Crippen molar-refractivity contribution in [2.75, 3.05) is 33.2 Å². The molecule has 3 amide bonds. The van der Waals surface area contributed by atoms with Crippen molar-refractivity contribution in [1.29, 1.82) is 0 Å². The largest absolute Gasteiger partial charge is 0.481 e. The van der Waals surface area contributed by atoms with E-state index in [0.29, 0.717) is 19.5 Å². The summed E-state index contributed by atoms with van der Waals surface area (Å²) in [6.07, 6.45) is 0.421. The van der Waals surface area contributed by atoms with Gasteiger partial charge in [0.2, 0.25) is 5.91 Å². The highest BCUT2D eigenvalue weighted by molar-refractivity contribution is 5.85. The maximum absolute atomic E-state index is 11.9. The predicted molar refractivity (Wildman–Crippen MR) is 68.6 cm³/mol. The van der Waals surface area contributed by atoms with Gasteiger partial charge in [-0.15, -0.1) is 0 Å². The van der Waals surface area contributed by atoms with Gasteiger partial charge in [-0.05, 0) is 13.3 Å². The van der Waals surface area contributed by atoms with Crippen LogP contribution < -0.4 is 5.32 Å². The van der Waals surface area contributed by atoms with Crippen LogP contribution in [0.4, 0.5) is 4.79 Å². The van der Waals surface area contributed by atoms with E-state index >= 15 is 0 Å². The molecule has 0 aromatic heterocycles. The first-order valence-corrected chi connectivity index (χ1v) is 6.30. The fourth-order valence-corrected chi connectivity index (χ4v) is 1.67. The summed E-state index contributed by atoms with van der Waals surface area (Å²) < 4.78 is 0. The average molecular weight is 271 g/mol. The minimum absolute atomic E-state index is 0.0399. The molecule has 0 spiro atoms. The maximum Gasteiger partial charge on any atom is 0.317 e. The standard InChI is InChI=1S/C12H21N3O4/c1-4-12(2,10(17)18)8-13-11(19)15-6-5-14(3)9(16)7-15/h4-8H2,1-3H3,(H,13,19)(H,17,18). The Balaban J connectivity index is 2.52. The van der Waals surface area contributed by atoms with Crippen LogP contribution in [0.2, 0.25) is 0 Å². The molecule has 0 radical (unpaired) electrons. The van der Waals surface area contributed by atoms with Crippen LogP contribution in [-0.4, -0.2) is 66.0 Å². The number of amides is 3. The lowest BCUT2D eigenvalue weighted by atomic mass is 9.88. The Morgan fingerprint density at radius 2 is 2.05 bits per heavy atom. The van der Waals surface area contributed by atoms with Gasteiger partial charge in [0, 0.05) is 26.7 Å². The fourth-order valence-electron chi connectivity index (χ4n) is 1.67. The van der Waals surface area contributed by atoms with Crippen molar-refractivity contribution in [3.05, 3.63) is 0 Å². The SMILES string of the molecule is CCC(C)(CNC(=O)N1CCN(C)C(=O)C1)C(=O)O. The molecule has 2 N–H and O–H groups in total. The van der Waals surface area contributed by atoms with Gasteiger partial charge in [0.1, 0.15) is 6.54 Å². The summed E-state index contributed by atoms with van der Waals surface area (Å²) in [5.41, 5.74) is -0.980. The third-order valence-electron chi connectivity index (χ3n) is 3.67. The molecule has 7 nitrogen and oxygen atoms in total. The summed E-state index contributed by atoms with van der Waals surface area (Å²) in [5, 5.41) is 11.7. The quantitative estimate of drug-likeness (QED) is 0.751. The number of nitrogens with one attached hydrogen (secondary N) is 1. The second-order valence-electron chi connectivity index (χ2n) is 5.11. The number of aliphatic carboxylic acids is 1. The number of likely N-dealkylation sites (N-methyl/N-ethyl adjacent to an activating group) is 1. The molecule has 1 heterocycles. The summed E-state index contributed by atoms with van der Waals surface area (Å²) in [5.74, 6) is -1.05. The molecule has 0 aromatic carbocycles. The van der Waals surface area contributed by atoms with E-state index < -0.39 is 11.4 Å². The molecule has 1 aliphatic heterocycles. The van der Waals surface area contributed by atoms with Crippen molar-refractivity contribution in [1.82, 2.24) is 15.1 Å². The molecular weight excluding hydrogens is 250 g/mol. The van der Waals surface area contributed by atoms with E-state index in [1.807, 2.05) is 0 Å². The molecule has 0 aromatic rings. The molecule has 0 saturated carbocycles. The predicted octanol–water partition coefficient (Wildman–Crippen LogP) is -0.0291. The number of urea groups is 1. The molecule has 19 heavy (non-hydrogen) atoms. The van der Waals surface area contributed by atoms with Gasteiger partial charge in [0.05, 0.1) is 5.41 Å². The Morgan fingerprint density at radius 3 is 2.53 bits per heavy atom. The van der Waals surface area contributed by atoms with Gasteiger partial charge in [-0.2, -0.15) is 0 Å². The molecule has 1 aliphatic rings. The van der Waals surface area contributed by atoms with Gasteiger partial charge in [-0.3, -0.25) is 9.59 Å². The van der Waals surface area contributed by atoms with E-state index in [4.69, 9.17) is 5.11 Å². The highest BCUT2D eigenvalue weighted by Gasteiger charge is 2.33. The Hall–Kier alpha value is -1.79. The van der Waals surface area contributed by atoms with E-state index in [-0.39, 0.29) is 25.0 Å². The number of carbonyl (C=O) groups is 3. The zero-order valence-corrected chi connectivity index (χ0v) is 11.6. The van der Waals surface area contributed by atoms with Crippen LogP contribution in [0.25, 0.3) is 0 Å². The first-order chi connectivity index (χ1) is 8.80. The molecule has 1 saturated heterocycles. The fraction of sp³-hybridized carbons (Fsp3) is 0.750. The Labute approximate surface area is 112 Å². The van der Waals surface area contributed by atoms with Crippen molar-refractivity contribution < 1.29 is 19.5 Å². The molecule has 1 rings (SSSR count).